The summed E-state index contributed by atoms with van der Waals surface area (Å²) in [5.41, 5.74) is 1.01. The summed E-state index contributed by atoms with van der Waals surface area (Å²) < 4.78 is 51.6. The molecular weight excluding hydrogens is 379 g/mol. The molecule has 6 nitrogen and oxygen atoms in total. The van der Waals surface area contributed by atoms with E-state index in [4.69, 9.17) is 14.2 Å². The Morgan fingerprint density at radius 1 is 1.04 bits per heavy atom. The first-order valence-corrected chi connectivity index (χ1v) is 8.14. The number of carbonyl (C=O) groups excluding carboxylic acids is 2. The molecule has 0 unspecified atom stereocenters. The number of hydrogen-bond acceptors (Lipinski definition) is 5. The molecule has 2 aromatic carbocycles. The van der Waals surface area contributed by atoms with Crippen LogP contribution in [0.25, 0.3) is 0 Å². The second-order valence-electron chi connectivity index (χ2n) is 5.61. The Balaban J connectivity index is 1.92. The number of methoxy groups -OCH3 is 1. The minimum atomic E-state index is -4.54. The van der Waals surface area contributed by atoms with Gasteiger partial charge in [0.2, 0.25) is 0 Å². The van der Waals surface area contributed by atoms with E-state index in [0.29, 0.717) is 12.4 Å². The van der Waals surface area contributed by atoms with Gasteiger partial charge in [-0.15, -0.1) is 0 Å². The van der Waals surface area contributed by atoms with E-state index in [2.05, 4.69) is 0 Å². The maximum Gasteiger partial charge on any atom is 0.405 e. The van der Waals surface area contributed by atoms with Crippen molar-refractivity contribution >= 4 is 11.9 Å². The topological polar surface area (TPSA) is 73.9 Å². The third-order valence-electron chi connectivity index (χ3n) is 3.46. The molecule has 2 aromatic rings. The van der Waals surface area contributed by atoms with E-state index >= 15 is 0 Å². The number of benzene rings is 2. The fraction of sp³-hybridized carbons (Fsp3) is 0.263. The first-order chi connectivity index (χ1) is 13.3. The quantitative estimate of drug-likeness (QED) is 0.693. The minimum Gasteiger partial charge on any atom is -0.493 e. The van der Waals surface area contributed by atoms with Gasteiger partial charge >= 0.3 is 12.1 Å². The van der Waals surface area contributed by atoms with Crippen LogP contribution in [0.3, 0.4) is 0 Å². The number of amides is 1. The predicted octanol–water partition coefficient (Wildman–Crippen LogP) is 3.11. The Bertz CT molecular complexity index is 809. The molecule has 0 saturated carbocycles. The lowest BCUT2D eigenvalue weighted by Crippen LogP contribution is -2.36. The van der Waals surface area contributed by atoms with Gasteiger partial charge in [0, 0.05) is 0 Å². The number of rotatable bonds is 8. The van der Waals surface area contributed by atoms with Gasteiger partial charge in [0.1, 0.15) is 13.2 Å². The van der Waals surface area contributed by atoms with Crippen molar-refractivity contribution in [1.82, 2.24) is 5.32 Å². The maximum atomic E-state index is 12.0. The molecule has 0 aliphatic carbocycles. The first kappa shape index (κ1) is 21.1. The van der Waals surface area contributed by atoms with E-state index in [1.54, 1.807) is 5.32 Å². The highest BCUT2D eigenvalue weighted by atomic mass is 19.4. The smallest absolute Gasteiger partial charge is 0.405 e. The van der Waals surface area contributed by atoms with Gasteiger partial charge in [-0.2, -0.15) is 13.2 Å². The van der Waals surface area contributed by atoms with Crippen molar-refractivity contribution in [2.75, 3.05) is 20.3 Å². The SMILES string of the molecule is COc1cc(C(=O)OCC(=O)NCC(F)(F)F)ccc1OCc1ccccc1. The molecule has 0 aliphatic heterocycles. The van der Waals surface area contributed by atoms with Crippen LogP contribution < -0.4 is 14.8 Å². The number of hydrogen-bond donors (Lipinski definition) is 1. The summed E-state index contributed by atoms with van der Waals surface area (Å²) in [6.45, 7) is -2.03. The molecule has 0 bridgehead atoms. The third kappa shape index (κ3) is 6.82. The van der Waals surface area contributed by atoms with Crippen molar-refractivity contribution in [1.29, 1.82) is 0 Å². The van der Waals surface area contributed by atoms with E-state index in [0.717, 1.165) is 5.56 Å². The van der Waals surface area contributed by atoms with Gasteiger partial charge in [-0.25, -0.2) is 4.79 Å². The van der Waals surface area contributed by atoms with E-state index in [9.17, 15) is 22.8 Å². The number of alkyl halides is 3. The monoisotopic (exact) mass is 397 g/mol. The van der Waals surface area contributed by atoms with Crippen molar-refractivity contribution in [2.24, 2.45) is 0 Å². The molecular formula is C19H18F3NO5. The van der Waals surface area contributed by atoms with Gasteiger partial charge in [0.05, 0.1) is 12.7 Å². The number of esters is 1. The molecule has 0 aliphatic rings. The molecule has 0 saturated heterocycles. The Labute approximate surface area is 159 Å². The molecule has 1 N–H and O–H groups in total. The van der Waals surface area contributed by atoms with E-state index in [1.807, 2.05) is 30.3 Å². The Kier molecular flexibility index (Phi) is 7.25. The number of ether oxygens (including phenoxy) is 3. The van der Waals surface area contributed by atoms with Crippen LogP contribution in [0, 0.1) is 0 Å². The van der Waals surface area contributed by atoms with E-state index < -0.39 is 31.2 Å². The van der Waals surface area contributed by atoms with Crippen LogP contribution in [0.4, 0.5) is 13.2 Å². The van der Waals surface area contributed by atoms with E-state index in [-0.39, 0.29) is 11.3 Å². The van der Waals surface area contributed by atoms with Crippen molar-refractivity contribution in [2.45, 2.75) is 12.8 Å². The number of carbonyl (C=O) groups is 2. The van der Waals surface area contributed by atoms with Crippen LogP contribution >= 0.6 is 0 Å². The highest BCUT2D eigenvalue weighted by molar-refractivity contribution is 5.92. The van der Waals surface area contributed by atoms with Gasteiger partial charge in [0.15, 0.2) is 18.1 Å². The summed E-state index contributed by atoms with van der Waals surface area (Å²) in [6, 6.07) is 13.7. The average Bonchev–Trinajstić information content (AvgIpc) is 2.69. The molecule has 0 spiro atoms. The second kappa shape index (κ2) is 9.63. The van der Waals surface area contributed by atoms with Crippen molar-refractivity contribution in [3.05, 3.63) is 59.7 Å². The Morgan fingerprint density at radius 3 is 2.39 bits per heavy atom. The standard InChI is InChI=1S/C19H18F3NO5/c1-26-16-9-14(18(25)28-11-17(24)23-12-19(20,21)22)7-8-15(16)27-10-13-5-3-2-4-6-13/h2-9H,10-12H2,1H3,(H,23,24). The fourth-order valence-corrected chi connectivity index (χ4v) is 2.11. The lowest BCUT2D eigenvalue weighted by atomic mass is 10.2. The van der Waals surface area contributed by atoms with Crippen LogP contribution in [0.15, 0.2) is 48.5 Å². The average molecular weight is 397 g/mol. The highest BCUT2D eigenvalue weighted by Gasteiger charge is 2.27. The second-order valence-corrected chi connectivity index (χ2v) is 5.61. The normalized spacial score (nSPS) is 10.9. The minimum absolute atomic E-state index is 0.0625. The molecule has 0 atom stereocenters. The van der Waals surface area contributed by atoms with E-state index in [1.165, 1.54) is 25.3 Å². The molecule has 0 heterocycles. The predicted molar refractivity (Wildman–Crippen MR) is 93.1 cm³/mol. The summed E-state index contributed by atoms with van der Waals surface area (Å²) >= 11 is 0. The summed E-state index contributed by atoms with van der Waals surface area (Å²) in [4.78, 5) is 23.3. The molecule has 1 amide bonds. The lowest BCUT2D eigenvalue weighted by Gasteiger charge is -2.12. The fourth-order valence-electron chi connectivity index (χ4n) is 2.11. The summed E-state index contributed by atoms with van der Waals surface area (Å²) in [7, 11) is 1.39. The zero-order valence-electron chi connectivity index (χ0n) is 14.9. The van der Waals surface area contributed by atoms with Crippen LogP contribution in [-0.2, 0) is 16.1 Å². The summed E-state index contributed by atoms with van der Waals surface area (Å²) in [5, 5.41) is 1.61. The molecule has 0 radical (unpaired) electrons. The van der Waals surface area contributed by atoms with Gasteiger partial charge in [0.25, 0.3) is 5.91 Å². The zero-order chi connectivity index (χ0) is 20.6. The molecule has 150 valence electrons. The van der Waals surface area contributed by atoms with Gasteiger partial charge in [-0.05, 0) is 23.8 Å². The first-order valence-electron chi connectivity index (χ1n) is 8.14. The van der Waals surface area contributed by atoms with Crippen LogP contribution in [0.2, 0.25) is 0 Å². The van der Waals surface area contributed by atoms with Crippen LogP contribution in [-0.4, -0.2) is 38.3 Å². The van der Waals surface area contributed by atoms with Gasteiger partial charge in [-0.3, -0.25) is 4.79 Å². The van der Waals surface area contributed by atoms with Crippen molar-refractivity contribution < 1.29 is 37.0 Å². The molecule has 28 heavy (non-hydrogen) atoms. The number of halogens is 3. The molecule has 0 fully saturated rings. The Hall–Kier alpha value is -3.23. The Morgan fingerprint density at radius 2 is 1.75 bits per heavy atom. The molecule has 9 heteroatoms. The van der Waals surface area contributed by atoms with Crippen LogP contribution in [0.1, 0.15) is 15.9 Å². The lowest BCUT2D eigenvalue weighted by molar-refractivity contribution is -0.140. The number of nitrogens with one attached hydrogen (secondary N) is 1. The molecule has 0 aromatic heterocycles. The third-order valence-corrected chi connectivity index (χ3v) is 3.46. The molecule has 2 rings (SSSR count). The zero-order valence-corrected chi connectivity index (χ0v) is 14.9. The van der Waals surface area contributed by atoms with Crippen molar-refractivity contribution in [3.8, 4) is 11.5 Å². The van der Waals surface area contributed by atoms with Gasteiger partial charge < -0.3 is 19.5 Å². The summed E-state index contributed by atoms with van der Waals surface area (Å²) in [5.74, 6) is -1.27. The largest absolute Gasteiger partial charge is 0.493 e. The van der Waals surface area contributed by atoms with Gasteiger partial charge in [-0.1, -0.05) is 30.3 Å². The van der Waals surface area contributed by atoms with Crippen molar-refractivity contribution in [3.63, 3.8) is 0 Å². The maximum absolute atomic E-state index is 12.0. The highest BCUT2D eigenvalue weighted by Crippen LogP contribution is 2.29. The summed E-state index contributed by atoms with van der Waals surface area (Å²) in [6.07, 6.45) is -4.54. The van der Waals surface area contributed by atoms with Crippen LogP contribution in [0.5, 0.6) is 11.5 Å².